The van der Waals surface area contributed by atoms with Crippen LogP contribution in [-0.4, -0.2) is 38.9 Å². The summed E-state index contributed by atoms with van der Waals surface area (Å²) in [6.45, 7) is 4.04. The van der Waals surface area contributed by atoms with E-state index in [1.54, 1.807) is 30.5 Å². The lowest BCUT2D eigenvalue weighted by atomic mass is 10.1. The largest absolute Gasteiger partial charge is 0.490 e. The molecule has 166 valence electrons. The van der Waals surface area contributed by atoms with E-state index in [1.807, 2.05) is 13.8 Å². The Balaban J connectivity index is 1.57. The van der Waals surface area contributed by atoms with E-state index in [4.69, 9.17) is 35.1 Å². The molecule has 0 aliphatic heterocycles. The third-order valence-electron chi connectivity index (χ3n) is 4.44. The fourth-order valence-corrected chi connectivity index (χ4v) is 3.26. The van der Waals surface area contributed by atoms with Crippen LogP contribution in [0.4, 0.5) is 0 Å². The predicted octanol–water partition coefficient (Wildman–Crippen LogP) is 5.23. The normalized spacial score (nSPS) is 11.2. The quantitative estimate of drug-likeness (QED) is 0.336. The van der Waals surface area contributed by atoms with Crippen LogP contribution in [0.25, 0.3) is 33.8 Å². The number of hydrogen-bond donors (Lipinski definition) is 1. The van der Waals surface area contributed by atoms with Crippen LogP contribution in [0.15, 0.2) is 45.7 Å². The van der Waals surface area contributed by atoms with Gasteiger partial charge in [-0.25, -0.2) is 4.98 Å². The second-order valence-electron chi connectivity index (χ2n) is 7.22. The van der Waals surface area contributed by atoms with Gasteiger partial charge < -0.3 is 23.5 Å². The number of benzene rings is 1. The Kier molecular flexibility index (Phi) is 6.27. The second-order valence-corrected chi connectivity index (χ2v) is 7.63. The molecule has 0 spiro atoms. The predicted molar refractivity (Wildman–Crippen MR) is 116 cm³/mol. The molecule has 0 unspecified atom stereocenters. The van der Waals surface area contributed by atoms with Gasteiger partial charge in [0.1, 0.15) is 5.02 Å². The molecule has 0 aliphatic rings. The molecule has 0 radical (unpaired) electrons. The number of furan rings is 1. The molecule has 0 fully saturated rings. The highest BCUT2D eigenvalue weighted by Gasteiger charge is 2.18. The van der Waals surface area contributed by atoms with E-state index in [1.165, 1.54) is 6.26 Å². The summed E-state index contributed by atoms with van der Waals surface area (Å²) < 4.78 is 22.2. The van der Waals surface area contributed by atoms with Gasteiger partial charge in [-0.05, 0) is 44.5 Å². The molecular weight excluding hydrogens is 438 g/mol. The van der Waals surface area contributed by atoms with Crippen LogP contribution in [0, 0.1) is 0 Å². The molecule has 0 saturated carbocycles. The summed E-state index contributed by atoms with van der Waals surface area (Å²) >= 11 is 6.26. The monoisotopic (exact) mass is 457 g/mol. The Labute approximate surface area is 187 Å². The van der Waals surface area contributed by atoms with E-state index in [-0.39, 0.29) is 25.0 Å². The van der Waals surface area contributed by atoms with Crippen LogP contribution in [0.3, 0.4) is 0 Å². The van der Waals surface area contributed by atoms with Crippen LogP contribution in [0.5, 0.6) is 11.6 Å². The Morgan fingerprint density at radius 3 is 2.88 bits per heavy atom. The maximum Gasteiger partial charge on any atom is 0.303 e. The number of aromatic nitrogens is 3. The van der Waals surface area contributed by atoms with Crippen LogP contribution in [0.1, 0.15) is 26.7 Å². The number of carboxylic acids is 1. The van der Waals surface area contributed by atoms with Crippen LogP contribution in [-0.2, 0) is 4.79 Å². The van der Waals surface area contributed by atoms with Gasteiger partial charge in [0, 0.05) is 23.6 Å². The molecule has 3 aromatic heterocycles. The van der Waals surface area contributed by atoms with Crippen molar-refractivity contribution in [1.82, 2.24) is 15.1 Å². The molecule has 0 saturated heterocycles. The number of fused-ring (bicyclic) bond motifs is 1. The number of nitrogens with zero attached hydrogens (tertiary/aromatic N) is 3. The molecule has 0 aliphatic carbocycles. The zero-order valence-corrected chi connectivity index (χ0v) is 18.1. The smallest absolute Gasteiger partial charge is 0.303 e. The Morgan fingerprint density at radius 2 is 2.12 bits per heavy atom. The lowest BCUT2D eigenvalue weighted by Crippen LogP contribution is -2.07. The highest BCUT2D eigenvalue weighted by atomic mass is 35.5. The van der Waals surface area contributed by atoms with Gasteiger partial charge in [0.15, 0.2) is 11.3 Å². The molecule has 4 rings (SSSR count). The van der Waals surface area contributed by atoms with Crippen molar-refractivity contribution in [2.24, 2.45) is 0 Å². The van der Waals surface area contributed by atoms with E-state index in [0.717, 1.165) is 5.39 Å². The van der Waals surface area contributed by atoms with Gasteiger partial charge in [0.2, 0.25) is 11.7 Å². The van der Waals surface area contributed by atoms with Crippen LogP contribution >= 0.6 is 11.6 Å². The SMILES string of the molecule is CC(C)Oc1ncc(-c2nc(-c3ccc(OCCCC(=O)O)c4occc34)no2)cc1Cl. The molecule has 0 bridgehead atoms. The third-order valence-corrected chi connectivity index (χ3v) is 4.71. The zero-order valence-electron chi connectivity index (χ0n) is 17.4. The van der Waals surface area contributed by atoms with Crippen LogP contribution in [0.2, 0.25) is 5.02 Å². The summed E-state index contributed by atoms with van der Waals surface area (Å²) in [7, 11) is 0. The van der Waals surface area contributed by atoms with Crippen molar-refractivity contribution in [3.05, 3.63) is 41.7 Å². The number of halogens is 1. The summed E-state index contributed by atoms with van der Waals surface area (Å²) in [5.74, 6) is 0.612. The summed E-state index contributed by atoms with van der Waals surface area (Å²) in [4.78, 5) is 19.3. The van der Waals surface area contributed by atoms with Crippen molar-refractivity contribution < 1.29 is 28.3 Å². The molecule has 9 nitrogen and oxygen atoms in total. The van der Waals surface area contributed by atoms with Crippen molar-refractivity contribution >= 4 is 28.5 Å². The van der Waals surface area contributed by atoms with E-state index >= 15 is 0 Å². The maximum absolute atomic E-state index is 10.7. The molecule has 1 aromatic carbocycles. The Morgan fingerprint density at radius 1 is 1.28 bits per heavy atom. The molecule has 0 atom stereocenters. The standard InChI is InChI=1S/C22H20ClN3O6/c1-12(2)31-22-16(23)10-13(11-24-22)21-25-20(26-32-21)15-5-6-17(19-14(15)7-9-30-19)29-8-3-4-18(27)28/h5-7,9-12H,3-4,8H2,1-2H3,(H,27,28). The molecule has 4 aromatic rings. The molecule has 10 heteroatoms. The van der Waals surface area contributed by atoms with Crippen molar-refractivity contribution in [1.29, 1.82) is 0 Å². The van der Waals surface area contributed by atoms with Gasteiger partial charge in [0.25, 0.3) is 5.89 Å². The lowest BCUT2D eigenvalue weighted by molar-refractivity contribution is -0.137. The fourth-order valence-electron chi connectivity index (χ4n) is 3.05. The average Bonchev–Trinajstić information content (AvgIpc) is 3.42. The first-order chi connectivity index (χ1) is 15.4. The minimum atomic E-state index is -0.862. The molecule has 32 heavy (non-hydrogen) atoms. The number of carboxylic acid groups (broad SMARTS) is 1. The number of ether oxygens (including phenoxy) is 2. The average molecular weight is 458 g/mol. The van der Waals surface area contributed by atoms with Gasteiger partial charge in [0.05, 0.1) is 24.5 Å². The first-order valence-electron chi connectivity index (χ1n) is 9.94. The Hall–Kier alpha value is -3.59. The van der Waals surface area contributed by atoms with Gasteiger partial charge in [-0.3, -0.25) is 4.79 Å². The number of aliphatic carboxylic acids is 1. The van der Waals surface area contributed by atoms with Gasteiger partial charge in [-0.1, -0.05) is 16.8 Å². The summed E-state index contributed by atoms with van der Waals surface area (Å²) in [6.07, 6.45) is 3.47. The number of rotatable bonds is 9. The summed E-state index contributed by atoms with van der Waals surface area (Å²) in [5, 5.41) is 13.9. The second kappa shape index (κ2) is 9.27. The van der Waals surface area contributed by atoms with E-state index in [0.29, 0.717) is 45.6 Å². The maximum atomic E-state index is 10.7. The third kappa shape index (κ3) is 4.67. The minimum absolute atomic E-state index is 0.0362. The number of hydrogen-bond acceptors (Lipinski definition) is 8. The zero-order chi connectivity index (χ0) is 22.7. The van der Waals surface area contributed by atoms with Crippen molar-refractivity contribution in [3.8, 4) is 34.5 Å². The number of pyridine rings is 1. The molecule has 3 heterocycles. The van der Waals surface area contributed by atoms with Gasteiger partial charge in [-0.15, -0.1) is 0 Å². The first kappa shape index (κ1) is 21.6. The van der Waals surface area contributed by atoms with Crippen LogP contribution < -0.4 is 9.47 Å². The van der Waals surface area contributed by atoms with E-state index < -0.39 is 5.97 Å². The highest BCUT2D eigenvalue weighted by Crippen LogP contribution is 2.35. The van der Waals surface area contributed by atoms with Crippen molar-refractivity contribution in [2.45, 2.75) is 32.8 Å². The first-order valence-corrected chi connectivity index (χ1v) is 10.3. The van der Waals surface area contributed by atoms with Crippen molar-refractivity contribution in [2.75, 3.05) is 6.61 Å². The van der Waals surface area contributed by atoms with E-state index in [9.17, 15) is 4.79 Å². The molecule has 1 N–H and O–H groups in total. The fraction of sp³-hybridized carbons (Fsp3) is 0.273. The Bertz CT molecular complexity index is 1250. The topological polar surface area (TPSA) is 121 Å². The van der Waals surface area contributed by atoms with Crippen molar-refractivity contribution in [3.63, 3.8) is 0 Å². The minimum Gasteiger partial charge on any atom is -0.490 e. The summed E-state index contributed by atoms with van der Waals surface area (Å²) in [5.41, 5.74) is 1.77. The molecular formula is C22H20ClN3O6. The van der Waals surface area contributed by atoms with E-state index in [2.05, 4.69) is 15.1 Å². The van der Waals surface area contributed by atoms with Gasteiger partial charge in [-0.2, -0.15) is 4.98 Å². The number of carbonyl (C=O) groups is 1. The highest BCUT2D eigenvalue weighted by molar-refractivity contribution is 6.32. The lowest BCUT2D eigenvalue weighted by Gasteiger charge is -2.09. The molecule has 0 amide bonds. The van der Waals surface area contributed by atoms with Gasteiger partial charge >= 0.3 is 5.97 Å². The summed E-state index contributed by atoms with van der Waals surface area (Å²) in [6, 6.07) is 6.96.